The zero-order valence-electron chi connectivity index (χ0n) is 22.8. The van der Waals surface area contributed by atoms with Crippen molar-refractivity contribution in [1.29, 1.82) is 0 Å². The summed E-state index contributed by atoms with van der Waals surface area (Å²) >= 11 is 0. The molecule has 212 valence electrons. The highest BCUT2D eigenvalue weighted by Crippen LogP contribution is 2.38. The van der Waals surface area contributed by atoms with E-state index >= 15 is 0 Å². The number of sulfonamides is 1. The number of rotatable bonds is 10. The molecule has 0 fully saturated rings. The number of ether oxygens (including phenoxy) is 4. The van der Waals surface area contributed by atoms with E-state index in [2.05, 4.69) is 5.32 Å². The van der Waals surface area contributed by atoms with E-state index in [1.165, 1.54) is 52.7 Å². The van der Waals surface area contributed by atoms with Crippen molar-refractivity contribution in [2.24, 2.45) is 0 Å². The molecule has 0 spiro atoms. The molecule has 5 rings (SSSR count). The van der Waals surface area contributed by atoms with Crippen LogP contribution in [0.4, 0.5) is 11.4 Å². The largest absolute Gasteiger partial charge is 0.497 e. The van der Waals surface area contributed by atoms with Crippen molar-refractivity contribution in [1.82, 2.24) is 0 Å². The van der Waals surface area contributed by atoms with Crippen LogP contribution < -0.4 is 28.6 Å². The summed E-state index contributed by atoms with van der Waals surface area (Å²) in [7, 11) is 1.40. The SMILES string of the molecule is COc1ccc(OC)c(N(CC(=O)Nc2ccc3c(c2)oc2ccccc23)S(=O)(=O)c2ccc(OC)c(OC)c2)c1. The Morgan fingerprint density at radius 3 is 2.20 bits per heavy atom. The van der Waals surface area contributed by atoms with Crippen LogP contribution in [0.5, 0.6) is 23.0 Å². The highest BCUT2D eigenvalue weighted by atomic mass is 32.2. The molecule has 1 amide bonds. The summed E-state index contributed by atoms with van der Waals surface area (Å²) in [6.45, 7) is -0.571. The zero-order valence-corrected chi connectivity index (χ0v) is 23.7. The van der Waals surface area contributed by atoms with Crippen molar-refractivity contribution in [3.8, 4) is 23.0 Å². The number of benzene rings is 4. The molecule has 0 unspecified atom stereocenters. The molecular formula is C30H28N2O8S. The van der Waals surface area contributed by atoms with Crippen LogP contribution in [0.3, 0.4) is 0 Å². The minimum atomic E-state index is -4.33. The number of methoxy groups -OCH3 is 4. The van der Waals surface area contributed by atoms with Gasteiger partial charge in [0.05, 0.1) is 39.0 Å². The first kappa shape index (κ1) is 27.7. The molecule has 10 nitrogen and oxygen atoms in total. The molecule has 5 aromatic rings. The number of fused-ring (bicyclic) bond motifs is 3. The van der Waals surface area contributed by atoms with E-state index in [0.717, 1.165) is 20.7 Å². The number of hydrogen-bond donors (Lipinski definition) is 1. The predicted molar refractivity (Wildman–Crippen MR) is 156 cm³/mol. The van der Waals surface area contributed by atoms with Gasteiger partial charge in [-0.25, -0.2) is 8.42 Å². The van der Waals surface area contributed by atoms with E-state index in [1.807, 2.05) is 30.3 Å². The predicted octanol–water partition coefficient (Wildman–Crippen LogP) is 5.45. The van der Waals surface area contributed by atoms with E-state index in [0.29, 0.717) is 22.8 Å². The Balaban J connectivity index is 1.53. The second-order valence-electron chi connectivity index (χ2n) is 8.92. The molecule has 0 saturated heterocycles. The number of amides is 1. The van der Waals surface area contributed by atoms with Crippen molar-refractivity contribution >= 4 is 49.2 Å². The van der Waals surface area contributed by atoms with E-state index in [4.69, 9.17) is 23.4 Å². The van der Waals surface area contributed by atoms with Gasteiger partial charge in [0.25, 0.3) is 10.0 Å². The van der Waals surface area contributed by atoms with Gasteiger partial charge in [0.15, 0.2) is 11.5 Å². The molecule has 1 heterocycles. The fraction of sp³-hybridized carbons (Fsp3) is 0.167. The number of nitrogens with zero attached hydrogens (tertiary/aromatic N) is 1. The molecule has 0 aliphatic rings. The minimum absolute atomic E-state index is 0.114. The quantitative estimate of drug-likeness (QED) is 0.233. The minimum Gasteiger partial charge on any atom is -0.497 e. The van der Waals surface area contributed by atoms with Crippen LogP contribution >= 0.6 is 0 Å². The fourth-order valence-corrected chi connectivity index (χ4v) is 5.97. The Kier molecular flexibility index (Phi) is 7.62. The van der Waals surface area contributed by atoms with E-state index < -0.39 is 22.5 Å². The molecule has 0 saturated carbocycles. The average Bonchev–Trinajstić information content (AvgIpc) is 3.36. The molecule has 0 aliphatic carbocycles. The van der Waals surface area contributed by atoms with Gasteiger partial charge in [-0.15, -0.1) is 0 Å². The lowest BCUT2D eigenvalue weighted by atomic mass is 10.1. The lowest BCUT2D eigenvalue weighted by molar-refractivity contribution is -0.114. The molecule has 4 aromatic carbocycles. The van der Waals surface area contributed by atoms with E-state index in [9.17, 15) is 13.2 Å². The van der Waals surface area contributed by atoms with Crippen LogP contribution in [0.1, 0.15) is 0 Å². The molecule has 0 bridgehead atoms. The Hall–Kier alpha value is -4.90. The topological polar surface area (TPSA) is 117 Å². The summed E-state index contributed by atoms with van der Waals surface area (Å²) < 4.78 is 56.4. The second-order valence-corrected chi connectivity index (χ2v) is 10.8. The third kappa shape index (κ3) is 5.31. The number of anilines is 2. The smallest absolute Gasteiger partial charge is 0.265 e. The monoisotopic (exact) mass is 576 g/mol. The number of para-hydroxylation sites is 1. The average molecular weight is 577 g/mol. The maximum atomic E-state index is 14.1. The second kappa shape index (κ2) is 11.3. The number of carbonyl (C=O) groups is 1. The molecule has 0 atom stereocenters. The Labute approximate surface area is 237 Å². The van der Waals surface area contributed by atoms with E-state index in [-0.39, 0.29) is 22.1 Å². The first-order valence-electron chi connectivity index (χ1n) is 12.5. The van der Waals surface area contributed by atoms with Gasteiger partial charge >= 0.3 is 0 Å². The van der Waals surface area contributed by atoms with Gasteiger partial charge < -0.3 is 28.7 Å². The normalized spacial score (nSPS) is 11.3. The lowest BCUT2D eigenvalue weighted by Crippen LogP contribution is -2.38. The van der Waals surface area contributed by atoms with Crippen LogP contribution in [0, 0.1) is 0 Å². The summed E-state index contributed by atoms with van der Waals surface area (Å²) in [6, 6.07) is 21.8. The van der Waals surface area contributed by atoms with Crippen LogP contribution in [0.15, 0.2) is 88.2 Å². The molecule has 1 aromatic heterocycles. The van der Waals surface area contributed by atoms with Crippen molar-refractivity contribution in [3.05, 3.63) is 78.9 Å². The Morgan fingerprint density at radius 1 is 0.756 bits per heavy atom. The highest BCUT2D eigenvalue weighted by molar-refractivity contribution is 7.92. The molecule has 1 N–H and O–H groups in total. The maximum absolute atomic E-state index is 14.1. The molecular weight excluding hydrogens is 548 g/mol. The van der Waals surface area contributed by atoms with Crippen LogP contribution in [0.2, 0.25) is 0 Å². The van der Waals surface area contributed by atoms with Crippen molar-refractivity contribution in [3.63, 3.8) is 0 Å². The Bertz CT molecular complexity index is 1850. The van der Waals surface area contributed by atoms with Gasteiger partial charge in [-0.3, -0.25) is 9.10 Å². The first-order valence-corrected chi connectivity index (χ1v) is 13.9. The van der Waals surface area contributed by atoms with E-state index in [1.54, 1.807) is 24.3 Å². The molecule has 41 heavy (non-hydrogen) atoms. The number of carbonyl (C=O) groups excluding carboxylic acids is 1. The number of hydrogen-bond acceptors (Lipinski definition) is 8. The van der Waals surface area contributed by atoms with Crippen molar-refractivity contribution in [2.75, 3.05) is 44.6 Å². The van der Waals surface area contributed by atoms with Crippen LogP contribution in [0.25, 0.3) is 21.9 Å². The van der Waals surface area contributed by atoms with Crippen LogP contribution in [-0.4, -0.2) is 49.3 Å². The zero-order chi connectivity index (χ0) is 29.1. The third-order valence-electron chi connectivity index (χ3n) is 6.55. The van der Waals surface area contributed by atoms with Gasteiger partial charge in [-0.05, 0) is 42.5 Å². The molecule has 0 radical (unpaired) electrons. The molecule has 11 heteroatoms. The van der Waals surface area contributed by atoms with Gasteiger partial charge in [0.2, 0.25) is 5.91 Å². The van der Waals surface area contributed by atoms with Crippen molar-refractivity contribution < 1.29 is 36.6 Å². The summed E-state index contributed by atoms with van der Waals surface area (Å²) in [6.07, 6.45) is 0. The van der Waals surface area contributed by atoms with Gasteiger partial charge in [-0.2, -0.15) is 0 Å². The third-order valence-corrected chi connectivity index (χ3v) is 8.30. The van der Waals surface area contributed by atoms with Crippen molar-refractivity contribution in [2.45, 2.75) is 4.90 Å². The molecule has 0 aliphatic heterocycles. The summed E-state index contributed by atoms with van der Waals surface area (Å²) in [5.74, 6) is 0.593. The Morgan fingerprint density at radius 2 is 1.46 bits per heavy atom. The standard InChI is InChI=1S/C30H28N2O8S/c1-36-20-10-13-26(37-2)24(16-20)32(41(34,35)21-11-14-27(38-3)29(17-21)39-4)18-30(33)31-19-9-12-23-22-7-5-6-8-25(22)40-28(23)15-19/h5-17H,18H2,1-4H3,(H,31,33). The van der Waals surface area contributed by atoms with Gasteiger partial charge in [0.1, 0.15) is 29.2 Å². The maximum Gasteiger partial charge on any atom is 0.265 e. The number of furan rings is 1. The van der Waals surface area contributed by atoms with Crippen LogP contribution in [-0.2, 0) is 14.8 Å². The fourth-order valence-electron chi connectivity index (χ4n) is 4.53. The summed E-state index contributed by atoms with van der Waals surface area (Å²) in [4.78, 5) is 13.3. The van der Waals surface area contributed by atoms with Gasteiger partial charge in [-0.1, -0.05) is 18.2 Å². The number of nitrogens with one attached hydrogen (secondary N) is 1. The first-order chi connectivity index (χ1) is 19.8. The lowest BCUT2D eigenvalue weighted by Gasteiger charge is -2.26. The summed E-state index contributed by atoms with van der Waals surface area (Å²) in [5, 5.41) is 4.64. The summed E-state index contributed by atoms with van der Waals surface area (Å²) in [5.41, 5.74) is 1.88. The van der Waals surface area contributed by atoms with Gasteiger partial charge in [0, 0.05) is 34.7 Å². The highest BCUT2D eigenvalue weighted by Gasteiger charge is 2.31.